The Morgan fingerprint density at radius 2 is 1.96 bits per heavy atom. The standard InChI is InChI=1S/C19H20FN3O2/c1-12-6-7-15(9-16(12)20)22-18(24)11-23-10-14-5-3-2-4-13(14)8-17(23)19(21)25/h2-7,9,17H,8,10-11H2,1H3,(H2,21,25)(H,22,24)/t17-/m0/s1. The van der Waals surface area contributed by atoms with Gasteiger partial charge >= 0.3 is 0 Å². The van der Waals surface area contributed by atoms with E-state index in [2.05, 4.69) is 5.32 Å². The number of carbonyl (C=O) groups is 2. The lowest BCUT2D eigenvalue weighted by Crippen LogP contribution is -2.50. The van der Waals surface area contributed by atoms with Gasteiger partial charge in [-0.25, -0.2) is 4.39 Å². The van der Waals surface area contributed by atoms with Crippen molar-refractivity contribution >= 4 is 17.5 Å². The lowest BCUT2D eigenvalue weighted by atomic mass is 9.93. The second-order valence-corrected chi connectivity index (χ2v) is 6.31. The molecule has 25 heavy (non-hydrogen) atoms. The Kier molecular flexibility index (Phi) is 4.81. The normalized spacial score (nSPS) is 17.0. The van der Waals surface area contributed by atoms with Crippen molar-refractivity contribution in [2.75, 3.05) is 11.9 Å². The topological polar surface area (TPSA) is 75.4 Å². The van der Waals surface area contributed by atoms with E-state index in [1.807, 2.05) is 24.3 Å². The van der Waals surface area contributed by atoms with E-state index in [9.17, 15) is 14.0 Å². The summed E-state index contributed by atoms with van der Waals surface area (Å²) in [6, 6.07) is 11.8. The summed E-state index contributed by atoms with van der Waals surface area (Å²) in [7, 11) is 0. The number of hydrogen-bond donors (Lipinski definition) is 2. The van der Waals surface area contributed by atoms with E-state index < -0.39 is 11.9 Å². The Labute approximate surface area is 145 Å². The van der Waals surface area contributed by atoms with Crippen molar-refractivity contribution in [2.45, 2.75) is 25.9 Å². The minimum Gasteiger partial charge on any atom is -0.368 e. The molecule has 1 atom stereocenters. The summed E-state index contributed by atoms with van der Waals surface area (Å²) in [6.07, 6.45) is 0.484. The molecule has 0 saturated heterocycles. The van der Waals surface area contributed by atoms with Gasteiger partial charge in [-0.15, -0.1) is 0 Å². The summed E-state index contributed by atoms with van der Waals surface area (Å²) < 4.78 is 13.6. The molecule has 0 spiro atoms. The van der Waals surface area contributed by atoms with Crippen LogP contribution >= 0.6 is 0 Å². The Balaban J connectivity index is 1.72. The molecule has 1 aliphatic rings. The Bertz CT molecular complexity index is 822. The van der Waals surface area contributed by atoms with E-state index in [1.165, 1.54) is 6.07 Å². The maximum atomic E-state index is 13.6. The molecule has 0 aromatic heterocycles. The minimum absolute atomic E-state index is 0.0113. The first-order valence-electron chi connectivity index (χ1n) is 8.10. The summed E-state index contributed by atoms with van der Waals surface area (Å²) >= 11 is 0. The van der Waals surface area contributed by atoms with Crippen molar-refractivity contribution in [3.63, 3.8) is 0 Å². The summed E-state index contributed by atoms with van der Waals surface area (Å²) in [4.78, 5) is 25.9. The van der Waals surface area contributed by atoms with Crippen molar-refractivity contribution in [1.29, 1.82) is 0 Å². The molecule has 0 fully saturated rings. The predicted octanol–water partition coefficient (Wildman–Crippen LogP) is 1.98. The molecule has 130 valence electrons. The van der Waals surface area contributed by atoms with Gasteiger partial charge in [0.25, 0.3) is 0 Å². The molecular weight excluding hydrogens is 321 g/mol. The summed E-state index contributed by atoms with van der Waals surface area (Å²) in [5.41, 5.74) is 8.57. The van der Waals surface area contributed by atoms with Gasteiger partial charge in [0.05, 0.1) is 12.6 Å². The quantitative estimate of drug-likeness (QED) is 0.893. The number of nitrogens with two attached hydrogens (primary N) is 1. The van der Waals surface area contributed by atoms with Crippen LogP contribution in [0.4, 0.5) is 10.1 Å². The first-order valence-corrected chi connectivity index (χ1v) is 8.10. The fraction of sp³-hybridized carbons (Fsp3) is 0.263. The van der Waals surface area contributed by atoms with Crippen LogP contribution in [0.3, 0.4) is 0 Å². The number of primary amides is 1. The van der Waals surface area contributed by atoms with Crippen LogP contribution in [0.5, 0.6) is 0 Å². The fourth-order valence-electron chi connectivity index (χ4n) is 3.08. The van der Waals surface area contributed by atoms with Crippen LogP contribution < -0.4 is 11.1 Å². The molecule has 5 nitrogen and oxygen atoms in total. The maximum absolute atomic E-state index is 13.6. The van der Waals surface area contributed by atoms with Gasteiger partial charge in [-0.1, -0.05) is 30.3 Å². The molecular formula is C19H20FN3O2. The first-order chi connectivity index (χ1) is 11.9. The Hall–Kier alpha value is -2.73. The Morgan fingerprint density at radius 3 is 2.64 bits per heavy atom. The molecule has 2 amide bonds. The number of nitrogens with zero attached hydrogens (tertiary/aromatic N) is 1. The van der Waals surface area contributed by atoms with Crippen molar-refractivity contribution in [2.24, 2.45) is 5.73 Å². The van der Waals surface area contributed by atoms with Crippen LogP contribution in [0, 0.1) is 12.7 Å². The number of fused-ring (bicyclic) bond motifs is 1. The van der Waals surface area contributed by atoms with Gasteiger partial charge in [0.2, 0.25) is 11.8 Å². The molecule has 1 heterocycles. The van der Waals surface area contributed by atoms with Crippen LogP contribution in [0.15, 0.2) is 42.5 Å². The van der Waals surface area contributed by atoms with Crippen molar-refractivity contribution in [3.8, 4) is 0 Å². The highest BCUT2D eigenvalue weighted by molar-refractivity contribution is 5.93. The molecule has 0 saturated carbocycles. The van der Waals surface area contributed by atoms with Gasteiger partial charge in [-0.3, -0.25) is 14.5 Å². The van der Waals surface area contributed by atoms with Gasteiger partial charge in [-0.05, 0) is 42.2 Å². The Morgan fingerprint density at radius 1 is 1.24 bits per heavy atom. The van der Waals surface area contributed by atoms with Crippen molar-refractivity contribution < 1.29 is 14.0 Å². The zero-order valence-corrected chi connectivity index (χ0v) is 14.0. The van der Waals surface area contributed by atoms with Crippen molar-refractivity contribution in [1.82, 2.24) is 4.90 Å². The lowest BCUT2D eigenvalue weighted by Gasteiger charge is -2.34. The van der Waals surface area contributed by atoms with Crippen LogP contribution in [0.25, 0.3) is 0 Å². The predicted molar refractivity (Wildman–Crippen MR) is 93.3 cm³/mol. The lowest BCUT2D eigenvalue weighted by molar-refractivity contribution is -0.125. The van der Waals surface area contributed by atoms with E-state index in [0.29, 0.717) is 24.2 Å². The average molecular weight is 341 g/mol. The van der Waals surface area contributed by atoms with Crippen molar-refractivity contribution in [3.05, 3.63) is 65.0 Å². The third-order valence-corrected chi connectivity index (χ3v) is 4.48. The summed E-state index contributed by atoms with van der Waals surface area (Å²) in [6.45, 7) is 2.14. The summed E-state index contributed by atoms with van der Waals surface area (Å²) in [5.74, 6) is -1.14. The molecule has 0 unspecified atom stereocenters. The summed E-state index contributed by atoms with van der Waals surface area (Å²) in [5, 5.41) is 2.67. The van der Waals surface area contributed by atoms with Crippen LogP contribution in [-0.4, -0.2) is 29.3 Å². The minimum atomic E-state index is -0.532. The molecule has 3 rings (SSSR count). The average Bonchev–Trinajstić information content (AvgIpc) is 2.57. The number of carbonyl (C=O) groups excluding carboxylic acids is 2. The van der Waals surface area contributed by atoms with E-state index in [0.717, 1.165) is 11.1 Å². The van der Waals surface area contributed by atoms with E-state index >= 15 is 0 Å². The zero-order valence-electron chi connectivity index (χ0n) is 14.0. The van der Waals surface area contributed by atoms with Gasteiger partial charge in [-0.2, -0.15) is 0 Å². The fourth-order valence-corrected chi connectivity index (χ4v) is 3.08. The number of nitrogens with one attached hydrogen (secondary N) is 1. The molecule has 3 N–H and O–H groups in total. The van der Waals surface area contributed by atoms with Crippen LogP contribution in [0.2, 0.25) is 0 Å². The van der Waals surface area contributed by atoms with Crippen LogP contribution in [0.1, 0.15) is 16.7 Å². The largest absolute Gasteiger partial charge is 0.368 e. The number of anilines is 1. The zero-order chi connectivity index (χ0) is 18.0. The van der Waals surface area contributed by atoms with E-state index in [4.69, 9.17) is 5.73 Å². The number of hydrogen-bond acceptors (Lipinski definition) is 3. The molecule has 2 aromatic carbocycles. The van der Waals surface area contributed by atoms with E-state index in [-0.39, 0.29) is 18.3 Å². The number of halogens is 1. The van der Waals surface area contributed by atoms with Gasteiger partial charge in [0.15, 0.2) is 0 Å². The monoisotopic (exact) mass is 341 g/mol. The molecule has 0 aliphatic carbocycles. The highest BCUT2D eigenvalue weighted by atomic mass is 19.1. The van der Waals surface area contributed by atoms with Crippen LogP contribution in [-0.2, 0) is 22.6 Å². The maximum Gasteiger partial charge on any atom is 0.238 e. The highest BCUT2D eigenvalue weighted by Gasteiger charge is 2.31. The third kappa shape index (κ3) is 3.85. The second kappa shape index (κ2) is 7.03. The number of rotatable bonds is 4. The molecule has 0 bridgehead atoms. The second-order valence-electron chi connectivity index (χ2n) is 6.31. The van der Waals surface area contributed by atoms with Gasteiger partial charge in [0, 0.05) is 12.2 Å². The third-order valence-electron chi connectivity index (χ3n) is 4.48. The number of amides is 2. The van der Waals surface area contributed by atoms with Gasteiger partial charge in [0.1, 0.15) is 5.82 Å². The van der Waals surface area contributed by atoms with E-state index in [1.54, 1.807) is 24.0 Å². The molecule has 0 radical (unpaired) electrons. The molecule has 6 heteroatoms. The smallest absolute Gasteiger partial charge is 0.238 e. The SMILES string of the molecule is Cc1ccc(NC(=O)CN2Cc3ccccc3C[C@H]2C(N)=O)cc1F. The highest BCUT2D eigenvalue weighted by Crippen LogP contribution is 2.23. The first kappa shape index (κ1) is 17.1. The number of aryl methyl sites for hydroxylation is 1. The van der Waals surface area contributed by atoms with Gasteiger partial charge < -0.3 is 11.1 Å². The molecule has 1 aliphatic heterocycles. The molecule has 2 aromatic rings. The number of benzene rings is 2.